The molecule has 1 heterocycles. The molecule has 3 aromatic rings. The predicted octanol–water partition coefficient (Wildman–Crippen LogP) is 4.84. The highest BCUT2D eigenvalue weighted by molar-refractivity contribution is 6.34. The van der Waals surface area contributed by atoms with Crippen molar-refractivity contribution in [3.8, 4) is 11.4 Å². The van der Waals surface area contributed by atoms with Gasteiger partial charge in [0.1, 0.15) is 5.82 Å². The number of aromatic nitrogens is 2. The fourth-order valence-electron chi connectivity index (χ4n) is 2.05. The summed E-state index contributed by atoms with van der Waals surface area (Å²) in [5.41, 5.74) is 0.896. The lowest BCUT2D eigenvalue weighted by molar-refractivity contribution is 0.102. The topological polar surface area (TPSA) is 54.9 Å². The van der Waals surface area contributed by atoms with Crippen LogP contribution in [-0.4, -0.2) is 15.9 Å². The second kappa shape index (κ2) is 6.95. The molecule has 0 radical (unpaired) electrons. The van der Waals surface area contributed by atoms with Crippen molar-refractivity contribution < 1.29 is 9.18 Å². The number of carbonyl (C=O) groups is 1. The van der Waals surface area contributed by atoms with Gasteiger partial charge in [-0.05, 0) is 36.4 Å². The number of hydrogen-bond donors (Lipinski definition) is 1. The van der Waals surface area contributed by atoms with Crippen molar-refractivity contribution >= 4 is 34.8 Å². The van der Waals surface area contributed by atoms with Crippen LogP contribution >= 0.6 is 23.2 Å². The van der Waals surface area contributed by atoms with Crippen molar-refractivity contribution in [3.63, 3.8) is 0 Å². The Hall–Kier alpha value is -2.50. The first-order valence-electron chi connectivity index (χ1n) is 6.88. The van der Waals surface area contributed by atoms with Crippen molar-refractivity contribution in [2.45, 2.75) is 0 Å². The van der Waals surface area contributed by atoms with Gasteiger partial charge in [0.25, 0.3) is 5.91 Å². The highest BCUT2D eigenvalue weighted by Gasteiger charge is 2.16. The first kappa shape index (κ1) is 16.4. The Morgan fingerprint density at radius 2 is 1.67 bits per heavy atom. The molecule has 0 bridgehead atoms. The predicted molar refractivity (Wildman–Crippen MR) is 91.8 cm³/mol. The molecule has 0 saturated heterocycles. The number of rotatable bonds is 3. The molecule has 0 aliphatic rings. The number of anilines is 1. The molecule has 0 aliphatic carbocycles. The molecule has 0 aliphatic heterocycles. The third kappa shape index (κ3) is 3.53. The Balaban J connectivity index is 1.79. The second-order valence-electron chi connectivity index (χ2n) is 4.85. The van der Waals surface area contributed by atoms with Crippen molar-refractivity contribution in [1.82, 2.24) is 9.97 Å². The zero-order valence-electron chi connectivity index (χ0n) is 12.1. The van der Waals surface area contributed by atoms with Gasteiger partial charge in [0.2, 0.25) is 0 Å². The zero-order chi connectivity index (χ0) is 17.1. The Morgan fingerprint density at radius 3 is 2.29 bits per heavy atom. The Kier molecular flexibility index (Phi) is 4.74. The van der Waals surface area contributed by atoms with Gasteiger partial charge in [-0.1, -0.05) is 29.3 Å². The van der Waals surface area contributed by atoms with E-state index in [4.69, 9.17) is 23.2 Å². The maximum absolute atomic E-state index is 13.7. The summed E-state index contributed by atoms with van der Waals surface area (Å²) in [6.45, 7) is 0. The van der Waals surface area contributed by atoms with Crippen LogP contribution in [0.4, 0.5) is 10.1 Å². The van der Waals surface area contributed by atoms with Gasteiger partial charge in [-0.2, -0.15) is 0 Å². The van der Waals surface area contributed by atoms with E-state index in [9.17, 15) is 9.18 Å². The normalized spacial score (nSPS) is 10.5. The maximum atomic E-state index is 13.7. The van der Waals surface area contributed by atoms with Gasteiger partial charge < -0.3 is 5.32 Å². The van der Waals surface area contributed by atoms with E-state index < -0.39 is 11.7 Å². The highest BCUT2D eigenvalue weighted by atomic mass is 35.5. The number of benzene rings is 2. The molecule has 0 atom stereocenters. The number of amides is 1. The lowest BCUT2D eigenvalue weighted by Gasteiger charge is -2.08. The van der Waals surface area contributed by atoms with E-state index in [0.29, 0.717) is 16.5 Å². The molecule has 4 nitrogen and oxygen atoms in total. The third-order valence-corrected chi connectivity index (χ3v) is 3.77. The van der Waals surface area contributed by atoms with Gasteiger partial charge in [0, 0.05) is 10.6 Å². The molecule has 1 aromatic heterocycles. The zero-order valence-corrected chi connectivity index (χ0v) is 13.6. The van der Waals surface area contributed by atoms with Crippen LogP contribution < -0.4 is 5.32 Å². The molecule has 0 unspecified atom stereocenters. The molecule has 1 N–H and O–H groups in total. The number of nitrogens with one attached hydrogen (secondary N) is 1. The minimum absolute atomic E-state index is 0.0335. The van der Waals surface area contributed by atoms with E-state index in [1.807, 2.05) is 0 Å². The van der Waals surface area contributed by atoms with Crippen LogP contribution in [0.1, 0.15) is 10.4 Å². The SMILES string of the molecule is O=C(Nc1cnc(-c2ccc(Cl)cc2)nc1)c1c(F)cccc1Cl. The highest BCUT2D eigenvalue weighted by Crippen LogP contribution is 2.21. The van der Waals surface area contributed by atoms with Crippen LogP contribution in [0.2, 0.25) is 10.0 Å². The second-order valence-corrected chi connectivity index (χ2v) is 5.70. The first-order valence-corrected chi connectivity index (χ1v) is 7.63. The lowest BCUT2D eigenvalue weighted by atomic mass is 10.2. The van der Waals surface area contributed by atoms with Crippen LogP contribution in [0.5, 0.6) is 0 Å². The Bertz CT molecular complexity index is 863. The first-order chi connectivity index (χ1) is 11.5. The average molecular weight is 362 g/mol. The monoisotopic (exact) mass is 361 g/mol. The summed E-state index contributed by atoms with van der Waals surface area (Å²) in [6, 6.07) is 11.1. The van der Waals surface area contributed by atoms with Gasteiger partial charge in [-0.15, -0.1) is 0 Å². The van der Waals surface area contributed by atoms with E-state index in [1.165, 1.54) is 30.6 Å². The third-order valence-electron chi connectivity index (χ3n) is 3.20. The summed E-state index contributed by atoms with van der Waals surface area (Å²) in [7, 11) is 0. The number of halogens is 3. The molecule has 0 fully saturated rings. The molecule has 1 amide bonds. The fraction of sp³-hybridized carbons (Fsp3) is 0. The van der Waals surface area contributed by atoms with E-state index >= 15 is 0 Å². The maximum Gasteiger partial charge on any atom is 0.260 e. The summed E-state index contributed by atoms with van der Waals surface area (Å²) in [6.07, 6.45) is 2.87. The summed E-state index contributed by atoms with van der Waals surface area (Å²) >= 11 is 11.7. The largest absolute Gasteiger partial charge is 0.319 e. The molecule has 2 aromatic carbocycles. The van der Waals surface area contributed by atoms with E-state index in [1.54, 1.807) is 24.3 Å². The molecule has 0 spiro atoms. The Labute approximate surface area is 147 Å². The van der Waals surface area contributed by atoms with Gasteiger partial charge in [-0.25, -0.2) is 14.4 Å². The quantitative estimate of drug-likeness (QED) is 0.725. The van der Waals surface area contributed by atoms with Crippen molar-refractivity contribution in [1.29, 1.82) is 0 Å². The Morgan fingerprint density at radius 1 is 1.00 bits per heavy atom. The minimum atomic E-state index is -0.696. The standard InChI is InChI=1S/C17H10Cl2FN3O/c18-11-6-4-10(5-7-11)16-21-8-12(9-22-16)23-17(24)15-13(19)2-1-3-14(15)20/h1-9H,(H,23,24). The van der Waals surface area contributed by atoms with Gasteiger partial charge >= 0.3 is 0 Å². The van der Waals surface area contributed by atoms with E-state index in [2.05, 4.69) is 15.3 Å². The summed E-state index contributed by atoms with van der Waals surface area (Å²) in [4.78, 5) is 20.5. The van der Waals surface area contributed by atoms with Gasteiger partial charge in [0.05, 0.1) is 28.7 Å². The molecule has 7 heteroatoms. The van der Waals surface area contributed by atoms with Crippen molar-refractivity contribution in [2.24, 2.45) is 0 Å². The molecule has 3 rings (SSSR count). The fourth-order valence-corrected chi connectivity index (χ4v) is 2.42. The molecule has 120 valence electrons. The number of carbonyl (C=O) groups excluding carboxylic acids is 1. The van der Waals surface area contributed by atoms with Crippen LogP contribution in [0.15, 0.2) is 54.9 Å². The van der Waals surface area contributed by atoms with Crippen molar-refractivity contribution in [3.05, 3.63) is 76.3 Å². The summed E-state index contributed by atoms with van der Waals surface area (Å²) in [5.74, 6) is -0.881. The molecular formula is C17H10Cl2FN3O. The van der Waals surface area contributed by atoms with Gasteiger partial charge in [0.15, 0.2) is 5.82 Å². The summed E-state index contributed by atoms with van der Waals surface area (Å²) in [5, 5.41) is 3.17. The van der Waals surface area contributed by atoms with E-state index in [0.717, 1.165) is 5.56 Å². The number of hydrogen-bond acceptors (Lipinski definition) is 3. The summed E-state index contributed by atoms with van der Waals surface area (Å²) < 4.78 is 13.7. The number of nitrogens with zero attached hydrogens (tertiary/aromatic N) is 2. The van der Waals surface area contributed by atoms with Crippen molar-refractivity contribution in [2.75, 3.05) is 5.32 Å². The molecule has 24 heavy (non-hydrogen) atoms. The average Bonchev–Trinajstić information content (AvgIpc) is 2.56. The molecule has 0 saturated carbocycles. The van der Waals surface area contributed by atoms with Crippen LogP contribution in [0.3, 0.4) is 0 Å². The van der Waals surface area contributed by atoms with Crippen LogP contribution in [-0.2, 0) is 0 Å². The smallest absolute Gasteiger partial charge is 0.260 e. The van der Waals surface area contributed by atoms with E-state index in [-0.39, 0.29) is 10.6 Å². The van der Waals surface area contributed by atoms with Gasteiger partial charge in [-0.3, -0.25) is 4.79 Å². The van der Waals surface area contributed by atoms with Crippen LogP contribution in [0.25, 0.3) is 11.4 Å². The lowest BCUT2D eigenvalue weighted by Crippen LogP contribution is -2.14. The molecular weight excluding hydrogens is 352 g/mol. The van der Waals surface area contributed by atoms with Crippen LogP contribution in [0, 0.1) is 5.82 Å². The minimum Gasteiger partial charge on any atom is -0.319 e.